The molecule has 80 valence electrons. The van der Waals surface area contributed by atoms with Gasteiger partial charge in [-0.05, 0) is 25.3 Å². The first-order valence-electron chi connectivity index (χ1n) is 5.14. The van der Waals surface area contributed by atoms with E-state index in [1.807, 2.05) is 19.1 Å². The van der Waals surface area contributed by atoms with Crippen LogP contribution in [0.2, 0.25) is 0 Å². The smallest absolute Gasteiger partial charge is 0.144 e. The molecule has 1 aliphatic carbocycles. The average Bonchev–Trinajstić information content (AvgIpc) is 2.29. The monoisotopic (exact) mass is 214 g/mol. The van der Waals surface area contributed by atoms with E-state index in [0.717, 1.165) is 18.4 Å². The summed E-state index contributed by atoms with van der Waals surface area (Å²) >= 11 is 0. The standard InChI is InChI=1S/C13H11FN2/c1-9-3-2-4-10(5-9)13-6-12(14)11(7-15)8-16-13/h4-6,8H,2-3H2,1H3. The minimum absolute atomic E-state index is 0.0131. The van der Waals surface area contributed by atoms with Gasteiger partial charge in [0.05, 0.1) is 5.69 Å². The molecule has 0 saturated carbocycles. The maximum absolute atomic E-state index is 13.4. The lowest BCUT2D eigenvalue weighted by molar-refractivity contribution is 0.620. The third-order valence-corrected chi connectivity index (χ3v) is 2.57. The Kier molecular flexibility index (Phi) is 2.82. The average molecular weight is 214 g/mol. The Morgan fingerprint density at radius 2 is 2.31 bits per heavy atom. The summed E-state index contributed by atoms with van der Waals surface area (Å²) in [5.74, 6) is -0.509. The topological polar surface area (TPSA) is 36.7 Å². The van der Waals surface area contributed by atoms with Crippen molar-refractivity contribution in [3.05, 3.63) is 47.1 Å². The van der Waals surface area contributed by atoms with Gasteiger partial charge in [-0.1, -0.05) is 17.7 Å². The van der Waals surface area contributed by atoms with Gasteiger partial charge in [-0.25, -0.2) is 4.39 Å². The van der Waals surface area contributed by atoms with Gasteiger partial charge in [-0.15, -0.1) is 0 Å². The van der Waals surface area contributed by atoms with E-state index in [1.165, 1.54) is 17.8 Å². The molecule has 0 amide bonds. The number of hydrogen-bond donors (Lipinski definition) is 0. The van der Waals surface area contributed by atoms with Gasteiger partial charge in [0.1, 0.15) is 17.4 Å². The number of aromatic nitrogens is 1. The maximum atomic E-state index is 13.4. The lowest BCUT2D eigenvalue weighted by Gasteiger charge is -2.10. The second-order valence-electron chi connectivity index (χ2n) is 3.85. The van der Waals surface area contributed by atoms with Crippen molar-refractivity contribution in [3.8, 4) is 6.07 Å². The summed E-state index contributed by atoms with van der Waals surface area (Å²) in [7, 11) is 0. The zero-order valence-electron chi connectivity index (χ0n) is 9.00. The highest BCUT2D eigenvalue weighted by atomic mass is 19.1. The van der Waals surface area contributed by atoms with Crippen LogP contribution in [0.25, 0.3) is 5.57 Å². The van der Waals surface area contributed by atoms with E-state index in [0.29, 0.717) is 5.69 Å². The Morgan fingerprint density at radius 3 is 2.94 bits per heavy atom. The normalized spacial score (nSPS) is 15.1. The Balaban J connectivity index is 2.40. The van der Waals surface area contributed by atoms with E-state index in [1.54, 1.807) is 6.07 Å². The van der Waals surface area contributed by atoms with E-state index in [4.69, 9.17) is 5.26 Å². The third kappa shape index (κ3) is 2.01. The molecule has 1 aromatic heterocycles. The van der Waals surface area contributed by atoms with Crippen LogP contribution in [0, 0.1) is 17.1 Å². The van der Waals surface area contributed by atoms with Gasteiger partial charge >= 0.3 is 0 Å². The molecule has 0 saturated heterocycles. The van der Waals surface area contributed by atoms with E-state index in [-0.39, 0.29) is 5.56 Å². The van der Waals surface area contributed by atoms with Crippen molar-refractivity contribution in [1.82, 2.24) is 4.98 Å². The number of pyridine rings is 1. The summed E-state index contributed by atoms with van der Waals surface area (Å²) in [6.07, 6.45) is 7.34. The molecule has 0 aliphatic heterocycles. The second-order valence-corrected chi connectivity index (χ2v) is 3.85. The fraction of sp³-hybridized carbons (Fsp3) is 0.231. The van der Waals surface area contributed by atoms with Crippen LogP contribution in [0.3, 0.4) is 0 Å². The molecule has 16 heavy (non-hydrogen) atoms. The molecule has 0 bridgehead atoms. The first-order valence-corrected chi connectivity index (χ1v) is 5.14. The highest BCUT2D eigenvalue weighted by Crippen LogP contribution is 2.24. The molecule has 1 heterocycles. The van der Waals surface area contributed by atoms with Crippen LogP contribution < -0.4 is 0 Å². The van der Waals surface area contributed by atoms with Crippen molar-refractivity contribution < 1.29 is 4.39 Å². The molecule has 1 aromatic rings. The van der Waals surface area contributed by atoms with Gasteiger partial charge in [0, 0.05) is 12.3 Å². The molecule has 0 aromatic carbocycles. The Morgan fingerprint density at radius 1 is 1.50 bits per heavy atom. The number of rotatable bonds is 1. The van der Waals surface area contributed by atoms with Crippen LogP contribution in [0.5, 0.6) is 0 Å². The van der Waals surface area contributed by atoms with Crippen molar-refractivity contribution >= 4 is 5.57 Å². The molecule has 0 unspecified atom stereocenters. The third-order valence-electron chi connectivity index (χ3n) is 2.57. The highest BCUT2D eigenvalue weighted by Gasteiger charge is 2.09. The Hall–Kier alpha value is -1.95. The maximum Gasteiger partial charge on any atom is 0.144 e. The molecule has 3 heteroatoms. The predicted molar refractivity (Wildman–Crippen MR) is 59.9 cm³/mol. The number of allylic oxidation sites excluding steroid dienone is 4. The van der Waals surface area contributed by atoms with Gasteiger partial charge in [0.25, 0.3) is 0 Å². The van der Waals surface area contributed by atoms with Gasteiger partial charge in [-0.3, -0.25) is 4.98 Å². The molecule has 0 N–H and O–H groups in total. The van der Waals surface area contributed by atoms with E-state index in [9.17, 15) is 4.39 Å². The SMILES string of the molecule is CC1=CC(c2cc(F)c(C#N)cn2)=CCC1. The number of nitriles is 1. The molecule has 0 atom stereocenters. The quantitative estimate of drug-likeness (QED) is 0.719. The molecule has 2 rings (SSSR count). The second kappa shape index (κ2) is 4.28. The number of nitrogens with zero attached hydrogens (tertiary/aromatic N) is 2. The van der Waals surface area contributed by atoms with E-state index >= 15 is 0 Å². The lowest BCUT2D eigenvalue weighted by atomic mass is 9.98. The minimum Gasteiger partial charge on any atom is -0.255 e. The summed E-state index contributed by atoms with van der Waals surface area (Å²) < 4.78 is 13.4. The van der Waals surface area contributed by atoms with Gasteiger partial charge < -0.3 is 0 Å². The lowest BCUT2D eigenvalue weighted by Crippen LogP contribution is -1.95. The van der Waals surface area contributed by atoms with Gasteiger partial charge in [-0.2, -0.15) is 5.26 Å². The van der Waals surface area contributed by atoms with Crippen LogP contribution >= 0.6 is 0 Å². The fourth-order valence-corrected chi connectivity index (χ4v) is 1.70. The van der Waals surface area contributed by atoms with E-state index < -0.39 is 5.82 Å². The number of halogens is 1. The van der Waals surface area contributed by atoms with Crippen LogP contribution in [-0.4, -0.2) is 4.98 Å². The van der Waals surface area contributed by atoms with E-state index in [2.05, 4.69) is 4.98 Å². The summed E-state index contributed by atoms with van der Waals surface area (Å²) in [4.78, 5) is 4.09. The Bertz CT molecular complexity index is 521. The highest BCUT2D eigenvalue weighted by molar-refractivity contribution is 5.73. The zero-order chi connectivity index (χ0) is 11.5. The van der Waals surface area contributed by atoms with Gasteiger partial charge in [0.15, 0.2) is 0 Å². The summed E-state index contributed by atoms with van der Waals surface area (Å²) in [5.41, 5.74) is 2.78. The van der Waals surface area contributed by atoms with Crippen LogP contribution in [0.4, 0.5) is 4.39 Å². The first kappa shape index (κ1) is 10.6. The van der Waals surface area contributed by atoms with Crippen molar-refractivity contribution in [2.45, 2.75) is 19.8 Å². The first-order chi connectivity index (χ1) is 7.70. The van der Waals surface area contributed by atoms with Crippen molar-refractivity contribution in [1.29, 1.82) is 5.26 Å². The molecule has 0 radical (unpaired) electrons. The predicted octanol–water partition coefficient (Wildman–Crippen LogP) is 3.22. The van der Waals surface area contributed by atoms with Crippen molar-refractivity contribution in [3.63, 3.8) is 0 Å². The summed E-state index contributed by atoms with van der Waals surface area (Å²) in [6.45, 7) is 2.05. The van der Waals surface area contributed by atoms with Crippen LogP contribution in [0.1, 0.15) is 31.0 Å². The fourth-order valence-electron chi connectivity index (χ4n) is 1.70. The molecular formula is C13H11FN2. The molecule has 0 fully saturated rings. The summed E-state index contributed by atoms with van der Waals surface area (Å²) in [5, 5.41) is 8.61. The minimum atomic E-state index is -0.509. The number of hydrogen-bond acceptors (Lipinski definition) is 2. The van der Waals surface area contributed by atoms with Crippen molar-refractivity contribution in [2.24, 2.45) is 0 Å². The van der Waals surface area contributed by atoms with Crippen molar-refractivity contribution in [2.75, 3.05) is 0 Å². The van der Waals surface area contributed by atoms with Crippen LogP contribution in [0.15, 0.2) is 30.0 Å². The van der Waals surface area contributed by atoms with Crippen LogP contribution in [-0.2, 0) is 0 Å². The largest absolute Gasteiger partial charge is 0.255 e. The molecule has 2 nitrogen and oxygen atoms in total. The molecule has 0 spiro atoms. The molecular weight excluding hydrogens is 203 g/mol. The van der Waals surface area contributed by atoms with Gasteiger partial charge in [0.2, 0.25) is 0 Å². The Labute approximate surface area is 93.7 Å². The zero-order valence-corrected chi connectivity index (χ0v) is 9.00. The summed E-state index contributed by atoms with van der Waals surface area (Å²) in [6, 6.07) is 3.08. The molecule has 1 aliphatic rings.